The maximum absolute atomic E-state index is 13.6. The van der Waals surface area contributed by atoms with Gasteiger partial charge in [-0.25, -0.2) is 5.01 Å². The lowest BCUT2D eigenvalue weighted by atomic mass is 9.91. The molecule has 7 nitrogen and oxygen atoms in total. The second-order valence-corrected chi connectivity index (χ2v) is 9.36. The van der Waals surface area contributed by atoms with Gasteiger partial charge in [-0.15, -0.1) is 0 Å². The first-order valence-corrected chi connectivity index (χ1v) is 12.5. The quantitative estimate of drug-likeness (QED) is 0.329. The second-order valence-electron chi connectivity index (χ2n) is 8.53. The van der Waals surface area contributed by atoms with E-state index in [2.05, 4.69) is 10.3 Å². The van der Waals surface area contributed by atoms with E-state index in [0.717, 1.165) is 22.1 Å². The van der Waals surface area contributed by atoms with Gasteiger partial charge in [0.15, 0.2) is 5.11 Å². The first-order chi connectivity index (χ1) is 17.9. The van der Waals surface area contributed by atoms with E-state index in [1.54, 1.807) is 32.3 Å². The second kappa shape index (κ2) is 10.2. The number of nitrogens with zero attached hydrogens (tertiary/aromatic N) is 2. The number of benzene rings is 3. The van der Waals surface area contributed by atoms with Crippen LogP contribution in [0.25, 0.3) is 22.0 Å². The summed E-state index contributed by atoms with van der Waals surface area (Å²) in [4.78, 5) is 16.7. The highest BCUT2D eigenvalue weighted by atomic mass is 35.5. The molecule has 0 aliphatic carbocycles. The minimum absolute atomic E-state index is 0.235. The third-order valence-corrected chi connectivity index (χ3v) is 7.08. The summed E-state index contributed by atoms with van der Waals surface area (Å²) in [5.74, 6) is 1.36. The van der Waals surface area contributed by atoms with E-state index in [1.165, 1.54) is 0 Å². The number of aromatic nitrogens is 1. The molecule has 2 N–H and O–H groups in total. The van der Waals surface area contributed by atoms with Crippen molar-refractivity contribution >= 4 is 45.5 Å². The summed E-state index contributed by atoms with van der Waals surface area (Å²) in [7, 11) is 4.98. The lowest BCUT2D eigenvalue weighted by molar-refractivity contribution is 0.341. The monoisotopic (exact) mass is 532 g/mol. The molecule has 0 unspecified atom stereocenters. The SMILES string of the molecule is CNC(=S)N1N=C(c2c(-c3ccccc3)c3cc(Cl)ccc3[nH]c2=O)C[C@@H]1c1cc(OC)ccc1OC. The Hall–Kier alpha value is -3.88. The molecule has 2 heterocycles. The van der Waals surface area contributed by atoms with Crippen LogP contribution in [0.3, 0.4) is 0 Å². The lowest BCUT2D eigenvalue weighted by Crippen LogP contribution is -2.34. The Morgan fingerprint density at radius 1 is 1.08 bits per heavy atom. The van der Waals surface area contributed by atoms with Crippen LogP contribution in [0.4, 0.5) is 0 Å². The van der Waals surface area contributed by atoms with Gasteiger partial charge >= 0.3 is 0 Å². The van der Waals surface area contributed by atoms with Crippen LogP contribution in [-0.2, 0) is 0 Å². The molecule has 0 saturated carbocycles. The zero-order valence-electron chi connectivity index (χ0n) is 20.5. The summed E-state index contributed by atoms with van der Waals surface area (Å²) in [5.41, 5.74) is 4.06. The number of H-pyrrole nitrogens is 1. The van der Waals surface area contributed by atoms with Crippen LogP contribution < -0.4 is 20.3 Å². The zero-order valence-corrected chi connectivity index (χ0v) is 22.1. The van der Waals surface area contributed by atoms with E-state index in [9.17, 15) is 4.79 Å². The van der Waals surface area contributed by atoms with Crippen molar-refractivity contribution in [3.05, 3.63) is 93.2 Å². The van der Waals surface area contributed by atoms with Crippen molar-refractivity contribution in [3.63, 3.8) is 0 Å². The molecule has 9 heteroatoms. The van der Waals surface area contributed by atoms with Gasteiger partial charge in [0.2, 0.25) is 0 Å². The van der Waals surface area contributed by atoms with E-state index in [-0.39, 0.29) is 11.6 Å². The summed E-state index contributed by atoms with van der Waals surface area (Å²) in [5, 5.41) is 11.5. The number of hydrazone groups is 1. The molecule has 0 amide bonds. The molecule has 0 fully saturated rings. The first kappa shape index (κ1) is 24.8. The van der Waals surface area contributed by atoms with Crippen LogP contribution >= 0.6 is 23.8 Å². The summed E-state index contributed by atoms with van der Waals surface area (Å²) in [6, 6.07) is 20.5. The van der Waals surface area contributed by atoms with Crippen molar-refractivity contribution in [2.75, 3.05) is 21.3 Å². The fourth-order valence-corrected chi connectivity index (χ4v) is 5.09. The van der Waals surface area contributed by atoms with Crippen LogP contribution in [0.2, 0.25) is 5.02 Å². The van der Waals surface area contributed by atoms with Gasteiger partial charge in [-0.1, -0.05) is 41.9 Å². The molecule has 0 saturated heterocycles. The molecule has 5 rings (SSSR count). The lowest BCUT2D eigenvalue weighted by Gasteiger charge is -2.25. The minimum atomic E-state index is -0.321. The van der Waals surface area contributed by atoms with Gasteiger partial charge in [-0.2, -0.15) is 5.10 Å². The highest BCUT2D eigenvalue weighted by molar-refractivity contribution is 7.80. The first-order valence-electron chi connectivity index (χ1n) is 11.7. The number of fused-ring (bicyclic) bond motifs is 1. The van der Waals surface area contributed by atoms with Gasteiger partial charge in [0.05, 0.1) is 31.5 Å². The van der Waals surface area contributed by atoms with Crippen LogP contribution in [0.5, 0.6) is 11.5 Å². The van der Waals surface area contributed by atoms with Gasteiger partial charge in [-0.05, 0) is 54.2 Å². The predicted molar refractivity (Wildman–Crippen MR) is 152 cm³/mol. The molecule has 4 aromatic rings. The Morgan fingerprint density at radius 3 is 2.57 bits per heavy atom. The van der Waals surface area contributed by atoms with E-state index < -0.39 is 0 Å². The maximum atomic E-state index is 13.6. The smallest absolute Gasteiger partial charge is 0.258 e. The van der Waals surface area contributed by atoms with Crippen LogP contribution in [0.15, 0.2) is 76.6 Å². The van der Waals surface area contributed by atoms with Gasteiger partial charge in [-0.3, -0.25) is 4.79 Å². The summed E-state index contributed by atoms with van der Waals surface area (Å²) < 4.78 is 11.1. The van der Waals surface area contributed by atoms with Crippen molar-refractivity contribution in [1.82, 2.24) is 15.3 Å². The summed E-state index contributed by atoms with van der Waals surface area (Å²) >= 11 is 12.0. The molecule has 0 bridgehead atoms. The number of nitrogens with one attached hydrogen (secondary N) is 2. The zero-order chi connectivity index (χ0) is 26.1. The molecule has 37 heavy (non-hydrogen) atoms. The van der Waals surface area contributed by atoms with E-state index in [4.69, 9.17) is 38.4 Å². The Balaban J connectivity index is 1.74. The van der Waals surface area contributed by atoms with Crippen LogP contribution in [0, 0.1) is 0 Å². The Morgan fingerprint density at radius 2 is 1.86 bits per heavy atom. The van der Waals surface area contributed by atoms with Crippen molar-refractivity contribution < 1.29 is 9.47 Å². The van der Waals surface area contributed by atoms with Crippen LogP contribution in [0.1, 0.15) is 23.6 Å². The third kappa shape index (κ3) is 4.54. The minimum Gasteiger partial charge on any atom is -0.497 e. The van der Waals surface area contributed by atoms with E-state index in [1.807, 2.05) is 60.7 Å². The Labute approximate surface area is 224 Å². The fraction of sp³-hybridized carbons (Fsp3) is 0.179. The molecular weight excluding hydrogens is 508 g/mol. The number of hydrogen-bond donors (Lipinski definition) is 2. The standard InChI is InChI=1S/C28H25ClN4O3S/c1-30-28(37)33-23(20-14-18(35-2)10-12-24(20)36-3)15-22(32-33)26-25(16-7-5-4-6-8-16)19-13-17(29)9-11-21(19)31-27(26)34/h4-14,23H,15H2,1-3H3,(H,30,37)(H,31,34)/t23-/m1/s1. The molecule has 0 radical (unpaired) electrons. The number of rotatable bonds is 5. The average molecular weight is 533 g/mol. The number of halogens is 1. The number of hydrogen-bond acceptors (Lipinski definition) is 5. The number of thiocarbonyl (C=S) groups is 1. The molecule has 1 aromatic heterocycles. The number of methoxy groups -OCH3 is 2. The maximum Gasteiger partial charge on any atom is 0.258 e. The predicted octanol–water partition coefficient (Wildman–Crippen LogP) is 5.52. The van der Waals surface area contributed by atoms with Gasteiger partial charge < -0.3 is 19.8 Å². The highest BCUT2D eigenvalue weighted by Gasteiger charge is 2.35. The fourth-order valence-electron chi connectivity index (χ4n) is 4.75. The van der Waals surface area contributed by atoms with Gasteiger partial charge in [0, 0.05) is 40.5 Å². The number of ether oxygens (including phenoxy) is 2. The molecular formula is C28H25ClN4O3S. The van der Waals surface area contributed by atoms with Crippen molar-refractivity contribution in [2.24, 2.45) is 5.10 Å². The third-order valence-electron chi connectivity index (χ3n) is 6.46. The Bertz CT molecular complexity index is 1590. The topological polar surface area (TPSA) is 79.0 Å². The van der Waals surface area contributed by atoms with Crippen molar-refractivity contribution in [2.45, 2.75) is 12.5 Å². The molecule has 1 aliphatic rings. The van der Waals surface area contributed by atoms with Gasteiger partial charge in [0.25, 0.3) is 5.56 Å². The number of aromatic amines is 1. The molecule has 1 atom stereocenters. The highest BCUT2D eigenvalue weighted by Crippen LogP contribution is 2.41. The molecule has 3 aromatic carbocycles. The van der Waals surface area contributed by atoms with Crippen molar-refractivity contribution in [1.29, 1.82) is 0 Å². The summed E-state index contributed by atoms with van der Waals surface area (Å²) in [6.45, 7) is 0. The van der Waals surface area contributed by atoms with Gasteiger partial charge in [0.1, 0.15) is 11.5 Å². The molecule has 0 spiro atoms. The Kier molecular flexibility index (Phi) is 6.86. The normalized spacial score (nSPS) is 15.0. The van der Waals surface area contributed by atoms with Crippen molar-refractivity contribution in [3.8, 4) is 22.6 Å². The number of pyridine rings is 1. The van der Waals surface area contributed by atoms with E-state index >= 15 is 0 Å². The molecule has 188 valence electrons. The molecule has 1 aliphatic heterocycles. The van der Waals surface area contributed by atoms with E-state index in [0.29, 0.717) is 44.8 Å². The summed E-state index contributed by atoms with van der Waals surface area (Å²) in [6.07, 6.45) is 0.417. The average Bonchev–Trinajstić information content (AvgIpc) is 3.37. The largest absolute Gasteiger partial charge is 0.497 e. The van der Waals surface area contributed by atoms with Crippen LogP contribution in [-0.4, -0.2) is 42.1 Å².